The van der Waals surface area contributed by atoms with Gasteiger partial charge in [0.25, 0.3) is 0 Å². The molecule has 96 valence electrons. The first-order valence-corrected chi connectivity index (χ1v) is 6.10. The highest BCUT2D eigenvalue weighted by atomic mass is 16.3. The Morgan fingerprint density at radius 2 is 2.22 bits per heavy atom. The molecule has 2 rings (SSSR count). The zero-order valence-corrected chi connectivity index (χ0v) is 10.7. The summed E-state index contributed by atoms with van der Waals surface area (Å²) in [5.41, 5.74) is 6.76. The summed E-state index contributed by atoms with van der Waals surface area (Å²) in [4.78, 5) is 8.75. The summed E-state index contributed by atoms with van der Waals surface area (Å²) in [6, 6.07) is 3.78. The molecule has 0 saturated carbocycles. The van der Waals surface area contributed by atoms with E-state index in [9.17, 15) is 0 Å². The molecule has 0 unspecified atom stereocenters. The van der Waals surface area contributed by atoms with Gasteiger partial charge in [-0.15, -0.1) is 0 Å². The molecular formula is C13H18N4O. The molecule has 0 bridgehead atoms. The van der Waals surface area contributed by atoms with Gasteiger partial charge in [-0.05, 0) is 25.5 Å². The molecule has 0 aliphatic heterocycles. The fourth-order valence-corrected chi connectivity index (χ4v) is 1.67. The van der Waals surface area contributed by atoms with Gasteiger partial charge in [0.05, 0.1) is 12.8 Å². The van der Waals surface area contributed by atoms with E-state index in [1.165, 1.54) is 0 Å². The van der Waals surface area contributed by atoms with Gasteiger partial charge in [0, 0.05) is 12.0 Å². The number of rotatable bonds is 5. The van der Waals surface area contributed by atoms with Crippen molar-refractivity contribution in [3.05, 3.63) is 35.5 Å². The average molecular weight is 246 g/mol. The van der Waals surface area contributed by atoms with Crippen molar-refractivity contribution < 1.29 is 4.42 Å². The Hall–Kier alpha value is -2.04. The van der Waals surface area contributed by atoms with E-state index in [0.717, 1.165) is 35.8 Å². The first kappa shape index (κ1) is 12.4. The molecule has 5 heteroatoms. The number of hydrogen-bond acceptors (Lipinski definition) is 5. The first-order chi connectivity index (χ1) is 8.70. The minimum absolute atomic E-state index is 0.537. The maximum atomic E-state index is 5.89. The lowest BCUT2D eigenvalue weighted by molar-refractivity contribution is 0.517. The van der Waals surface area contributed by atoms with Crippen molar-refractivity contribution in [2.75, 3.05) is 11.1 Å². The number of nitrogens with two attached hydrogens (primary N) is 1. The molecule has 0 atom stereocenters. The molecule has 2 heterocycles. The maximum Gasteiger partial charge on any atom is 0.135 e. The molecule has 0 amide bonds. The molecule has 18 heavy (non-hydrogen) atoms. The van der Waals surface area contributed by atoms with Gasteiger partial charge < -0.3 is 15.5 Å². The monoisotopic (exact) mass is 246 g/mol. The van der Waals surface area contributed by atoms with E-state index in [0.29, 0.717) is 12.4 Å². The van der Waals surface area contributed by atoms with Crippen LogP contribution in [0.15, 0.2) is 22.8 Å². The van der Waals surface area contributed by atoms with Crippen molar-refractivity contribution in [3.8, 4) is 0 Å². The summed E-state index contributed by atoms with van der Waals surface area (Å²) in [6.07, 6.45) is 3.49. The summed E-state index contributed by atoms with van der Waals surface area (Å²) in [7, 11) is 0. The third kappa shape index (κ3) is 2.80. The SMILES string of the molecule is CCCc1nc(N)c(C)c(NCc2ccco2)n1. The van der Waals surface area contributed by atoms with Gasteiger partial charge in [0.2, 0.25) is 0 Å². The van der Waals surface area contributed by atoms with Gasteiger partial charge in [-0.1, -0.05) is 6.92 Å². The molecule has 0 radical (unpaired) electrons. The van der Waals surface area contributed by atoms with Crippen LogP contribution in [0.3, 0.4) is 0 Å². The quantitative estimate of drug-likeness (QED) is 0.847. The first-order valence-electron chi connectivity index (χ1n) is 6.10. The van der Waals surface area contributed by atoms with Gasteiger partial charge in [0.15, 0.2) is 0 Å². The van der Waals surface area contributed by atoms with Crippen LogP contribution in [-0.4, -0.2) is 9.97 Å². The van der Waals surface area contributed by atoms with E-state index < -0.39 is 0 Å². The minimum Gasteiger partial charge on any atom is -0.467 e. The standard InChI is InChI=1S/C13H18N4O/c1-3-5-11-16-12(14)9(2)13(17-11)15-8-10-6-4-7-18-10/h4,6-7H,3,5,8H2,1-2H3,(H3,14,15,16,17). The number of nitrogen functional groups attached to an aromatic ring is 1. The summed E-state index contributed by atoms with van der Waals surface area (Å²) in [5, 5.41) is 3.23. The second-order valence-electron chi connectivity index (χ2n) is 4.18. The smallest absolute Gasteiger partial charge is 0.135 e. The number of furan rings is 1. The second-order valence-corrected chi connectivity index (χ2v) is 4.18. The Morgan fingerprint density at radius 3 is 2.89 bits per heavy atom. The minimum atomic E-state index is 0.537. The van der Waals surface area contributed by atoms with Crippen molar-refractivity contribution in [3.63, 3.8) is 0 Å². The summed E-state index contributed by atoms with van der Waals surface area (Å²) in [6.45, 7) is 4.60. The van der Waals surface area contributed by atoms with Crippen LogP contribution < -0.4 is 11.1 Å². The van der Waals surface area contributed by atoms with Crippen LogP contribution in [0, 0.1) is 6.92 Å². The van der Waals surface area contributed by atoms with Gasteiger partial charge in [0.1, 0.15) is 23.2 Å². The molecule has 0 aliphatic rings. The summed E-state index contributed by atoms with van der Waals surface area (Å²) >= 11 is 0. The van der Waals surface area contributed by atoms with Crippen molar-refractivity contribution in [1.82, 2.24) is 9.97 Å². The predicted molar refractivity (Wildman–Crippen MR) is 71.2 cm³/mol. The van der Waals surface area contributed by atoms with Gasteiger partial charge in [-0.25, -0.2) is 9.97 Å². The maximum absolute atomic E-state index is 5.89. The number of hydrogen-bond donors (Lipinski definition) is 2. The third-order valence-electron chi connectivity index (χ3n) is 2.71. The highest BCUT2D eigenvalue weighted by Gasteiger charge is 2.08. The molecule has 2 aromatic heterocycles. The van der Waals surface area contributed by atoms with Crippen molar-refractivity contribution in [2.24, 2.45) is 0 Å². The second kappa shape index (κ2) is 5.53. The number of nitrogens with one attached hydrogen (secondary N) is 1. The predicted octanol–water partition coefficient (Wildman–Crippen LogP) is 2.52. The molecule has 5 nitrogen and oxygen atoms in total. The van der Waals surface area contributed by atoms with Crippen LogP contribution >= 0.6 is 0 Å². The molecule has 0 aromatic carbocycles. The van der Waals surface area contributed by atoms with Gasteiger partial charge in [-0.2, -0.15) is 0 Å². The zero-order chi connectivity index (χ0) is 13.0. The van der Waals surface area contributed by atoms with E-state index in [4.69, 9.17) is 10.2 Å². The molecule has 0 spiro atoms. The lowest BCUT2D eigenvalue weighted by Gasteiger charge is -2.10. The molecule has 2 aromatic rings. The Bertz CT molecular complexity index is 508. The van der Waals surface area contributed by atoms with E-state index in [2.05, 4.69) is 22.2 Å². The van der Waals surface area contributed by atoms with Crippen LogP contribution in [0.2, 0.25) is 0 Å². The van der Waals surface area contributed by atoms with E-state index in [-0.39, 0.29) is 0 Å². The Kier molecular flexibility index (Phi) is 3.82. The molecular weight excluding hydrogens is 228 g/mol. The van der Waals surface area contributed by atoms with Crippen molar-refractivity contribution in [2.45, 2.75) is 33.2 Å². The summed E-state index contributed by atoms with van der Waals surface area (Å²) < 4.78 is 5.27. The number of aryl methyl sites for hydroxylation is 1. The van der Waals surface area contributed by atoms with Crippen molar-refractivity contribution in [1.29, 1.82) is 0 Å². The Labute approximate surface area is 106 Å². The molecule has 0 saturated heterocycles. The van der Waals surface area contributed by atoms with E-state index in [1.54, 1.807) is 6.26 Å². The van der Waals surface area contributed by atoms with E-state index >= 15 is 0 Å². The molecule has 0 fully saturated rings. The Morgan fingerprint density at radius 1 is 1.39 bits per heavy atom. The van der Waals surface area contributed by atoms with E-state index in [1.807, 2.05) is 19.1 Å². The van der Waals surface area contributed by atoms with Crippen LogP contribution in [0.25, 0.3) is 0 Å². The van der Waals surface area contributed by atoms with Crippen LogP contribution in [-0.2, 0) is 13.0 Å². The lowest BCUT2D eigenvalue weighted by atomic mass is 10.2. The van der Waals surface area contributed by atoms with Gasteiger partial charge >= 0.3 is 0 Å². The Balaban J connectivity index is 2.15. The fraction of sp³-hybridized carbons (Fsp3) is 0.385. The zero-order valence-electron chi connectivity index (χ0n) is 10.7. The van der Waals surface area contributed by atoms with Crippen LogP contribution in [0.1, 0.15) is 30.5 Å². The highest BCUT2D eigenvalue weighted by Crippen LogP contribution is 2.18. The fourth-order valence-electron chi connectivity index (χ4n) is 1.67. The average Bonchev–Trinajstić information content (AvgIpc) is 2.85. The van der Waals surface area contributed by atoms with Crippen LogP contribution in [0.5, 0.6) is 0 Å². The normalized spacial score (nSPS) is 10.6. The largest absolute Gasteiger partial charge is 0.467 e. The van der Waals surface area contributed by atoms with Gasteiger partial charge in [-0.3, -0.25) is 0 Å². The number of anilines is 2. The number of aromatic nitrogens is 2. The van der Waals surface area contributed by atoms with Crippen LogP contribution in [0.4, 0.5) is 11.6 Å². The summed E-state index contributed by atoms with van der Waals surface area (Å²) in [5.74, 6) is 2.96. The lowest BCUT2D eigenvalue weighted by Crippen LogP contribution is -2.09. The highest BCUT2D eigenvalue weighted by molar-refractivity contribution is 5.54. The topological polar surface area (TPSA) is 77.0 Å². The molecule has 3 N–H and O–H groups in total. The van der Waals surface area contributed by atoms with Crippen molar-refractivity contribution >= 4 is 11.6 Å². The third-order valence-corrected chi connectivity index (χ3v) is 2.71. The molecule has 0 aliphatic carbocycles. The number of nitrogens with zero attached hydrogens (tertiary/aromatic N) is 2.